The van der Waals surface area contributed by atoms with E-state index in [2.05, 4.69) is 50.0 Å². The molecule has 0 saturated carbocycles. The molecule has 1 heterocycles. The number of rotatable bonds is 4. The summed E-state index contributed by atoms with van der Waals surface area (Å²) in [6.07, 6.45) is 0. The summed E-state index contributed by atoms with van der Waals surface area (Å²) in [6.45, 7) is 8.04. The van der Waals surface area contributed by atoms with Gasteiger partial charge in [-0.3, -0.25) is 4.90 Å². The summed E-state index contributed by atoms with van der Waals surface area (Å²) in [7, 11) is 2.06. The molecule has 0 saturated heterocycles. The van der Waals surface area contributed by atoms with E-state index in [1.54, 1.807) is 6.07 Å². The van der Waals surface area contributed by atoms with Crippen LogP contribution in [0.4, 0.5) is 5.82 Å². The summed E-state index contributed by atoms with van der Waals surface area (Å²) >= 11 is 0. The molecule has 0 spiro atoms. The van der Waals surface area contributed by atoms with E-state index in [0.717, 1.165) is 12.3 Å². The first kappa shape index (κ1) is 13.6. The van der Waals surface area contributed by atoms with Gasteiger partial charge in [-0.2, -0.15) is 0 Å². The maximum absolute atomic E-state index is 5.54. The fourth-order valence-electron chi connectivity index (χ4n) is 2.21. The second kappa shape index (κ2) is 5.45. The average Bonchev–Trinajstić information content (AvgIpc) is 2.71. The number of anilines is 1. The molecule has 4 heteroatoms. The van der Waals surface area contributed by atoms with Crippen molar-refractivity contribution in [3.8, 4) is 0 Å². The maximum Gasteiger partial charge on any atom is 0.167 e. The molecule has 1 aromatic carbocycles. The number of hydrogen-bond acceptors (Lipinski definition) is 4. The maximum atomic E-state index is 5.54. The van der Waals surface area contributed by atoms with Gasteiger partial charge in [-0.15, -0.1) is 0 Å². The molecule has 1 aromatic heterocycles. The molecule has 0 unspecified atom stereocenters. The van der Waals surface area contributed by atoms with E-state index in [-0.39, 0.29) is 0 Å². The molecule has 4 nitrogen and oxygen atoms in total. The molecule has 0 atom stereocenters. The largest absolute Gasteiger partial charge is 0.381 e. The fraction of sp³-hybridized carbons (Fsp3) is 0.400. The number of aryl methyl sites for hydroxylation is 3. The molecule has 0 amide bonds. The van der Waals surface area contributed by atoms with Crippen LogP contribution in [-0.4, -0.2) is 17.1 Å². The minimum absolute atomic E-state index is 0.436. The summed E-state index contributed by atoms with van der Waals surface area (Å²) in [6, 6.07) is 6.27. The SMILES string of the molecule is Cc1cc(C)c(CN(C)Cc2cc(N)no2)cc1C. The minimum atomic E-state index is 0.436. The van der Waals surface area contributed by atoms with Crippen LogP contribution < -0.4 is 5.73 Å². The lowest BCUT2D eigenvalue weighted by atomic mass is 10.0. The van der Waals surface area contributed by atoms with E-state index in [0.29, 0.717) is 12.4 Å². The number of nitrogen functional groups attached to an aromatic ring is 1. The Balaban J connectivity index is 2.06. The van der Waals surface area contributed by atoms with Crippen LogP contribution in [0.3, 0.4) is 0 Å². The summed E-state index contributed by atoms with van der Waals surface area (Å²) in [5, 5.41) is 3.70. The number of benzene rings is 1. The van der Waals surface area contributed by atoms with Gasteiger partial charge in [0.2, 0.25) is 0 Å². The normalized spacial score (nSPS) is 11.2. The van der Waals surface area contributed by atoms with E-state index >= 15 is 0 Å². The molecular weight excluding hydrogens is 238 g/mol. The van der Waals surface area contributed by atoms with Crippen molar-refractivity contribution in [1.29, 1.82) is 0 Å². The molecule has 102 valence electrons. The first-order valence-electron chi connectivity index (χ1n) is 6.42. The Morgan fingerprint density at radius 3 is 2.37 bits per heavy atom. The van der Waals surface area contributed by atoms with Crippen molar-refractivity contribution >= 4 is 5.82 Å². The zero-order valence-electron chi connectivity index (χ0n) is 12.0. The molecule has 0 radical (unpaired) electrons. The highest BCUT2D eigenvalue weighted by molar-refractivity contribution is 5.36. The van der Waals surface area contributed by atoms with E-state index in [1.807, 2.05) is 0 Å². The van der Waals surface area contributed by atoms with E-state index in [9.17, 15) is 0 Å². The number of hydrogen-bond donors (Lipinski definition) is 1. The first-order chi connectivity index (χ1) is 8.95. The monoisotopic (exact) mass is 259 g/mol. The van der Waals surface area contributed by atoms with Gasteiger partial charge in [0.15, 0.2) is 11.6 Å². The Bertz CT molecular complexity index is 575. The molecule has 0 bridgehead atoms. The highest BCUT2D eigenvalue weighted by Gasteiger charge is 2.09. The quantitative estimate of drug-likeness (QED) is 0.917. The van der Waals surface area contributed by atoms with Gasteiger partial charge < -0.3 is 10.3 Å². The second-order valence-electron chi connectivity index (χ2n) is 5.25. The van der Waals surface area contributed by atoms with Crippen LogP contribution in [0.25, 0.3) is 0 Å². The van der Waals surface area contributed by atoms with E-state index in [1.165, 1.54) is 22.3 Å². The lowest BCUT2D eigenvalue weighted by Crippen LogP contribution is -2.17. The predicted octanol–water partition coefficient (Wildman–Crippen LogP) is 2.81. The van der Waals surface area contributed by atoms with Crippen molar-refractivity contribution in [1.82, 2.24) is 10.1 Å². The molecule has 19 heavy (non-hydrogen) atoms. The Morgan fingerprint density at radius 2 is 1.74 bits per heavy atom. The average molecular weight is 259 g/mol. The van der Waals surface area contributed by atoms with Gasteiger partial charge >= 0.3 is 0 Å². The molecule has 2 N–H and O–H groups in total. The van der Waals surface area contributed by atoms with Crippen LogP contribution in [0.15, 0.2) is 22.7 Å². The third-order valence-electron chi connectivity index (χ3n) is 3.40. The van der Waals surface area contributed by atoms with Gasteiger partial charge in [-0.1, -0.05) is 17.3 Å². The van der Waals surface area contributed by atoms with Crippen molar-refractivity contribution in [3.63, 3.8) is 0 Å². The van der Waals surface area contributed by atoms with Gasteiger partial charge in [-0.25, -0.2) is 0 Å². The van der Waals surface area contributed by atoms with E-state index < -0.39 is 0 Å². The molecule has 0 aliphatic heterocycles. The van der Waals surface area contributed by atoms with Crippen molar-refractivity contribution in [3.05, 3.63) is 46.2 Å². The minimum Gasteiger partial charge on any atom is -0.381 e. The van der Waals surface area contributed by atoms with Crippen LogP contribution in [-0.2, 0) is 13.1 Å². The Kier molecular flexibility index (Phi) is 3.90. The highest BCUT2D eigenvalue weighted by atomic mass is 16.5. The predicted molar refractivity (Wildman–Crippen MR) is 76.7 cm³/mol. The summed E-state index contributed by atoms with van der Waals surface area (Å²) in [5.74, 6) is 1.23. The van der Waals surface area contributed by atoms with Crippen LogP contribution in [0, 0.1) is 20.8 Å². The summed E-state index contributed by atoms with van der Waals surface area (Å²) < 4.78 is 5.13. The second-order valence-corrected chi connectivity index (χ2v) is 5.25. The van der Waals surface area contributed by atoms with Crippen LogP contribution in [0.1, 0.15) is 28.0 Å². The smallest absolute Gasteiger partial charge is 0.167 e. The van der Waals surface area contributed by atoms with Crippen LogP contribution >= 0.6 is 0 Å². The Morgan fingerprint density at radius 1 is 1.05 bits per heavy atom. The topological polar surface area (TPSA) is 55.3 Å². The van der Waals surface area contributed by atoms with Crippen molar-refractivity contribution in [2.24, 2.45) is 0 Å². The van der Waals surface area contributed by atoms with Crippen LogP contribution in [0.5, 0.6) is 0 Å². The standard InChI is InChI=1S/C15H21N3O/c1-10-5-12(3)13(6-11(10)2)8-18(4)9-14-7-15(16)17-19-14/h5-7H,8-9H2,1-4H3,(H2,16,17). The van der Waals surface area contributed by atoms with Crippen molar-refractivity contribution < 1.29 is 4.52 Å². The van der Waals surface area contributed by atoms with Crippen LogP contribution in [0.2, 0.25) is 0 Å². The van der Waals surface area contributed by atoms with Gasteiger partial charge in [0.05, 0.1) is 6.54 Å². The summed E-state index contributed by atoms with van der Waals surface area (Å²) in [5.41, 5.74) is 10.9. The zero-order chi connectivity index (χ0) is 14.0. The molecule has 0 fully saturated rings. The lowest BCUT2D eigenvalue weighted by molar-refractivity contribution is 0.266. The number of nitrogens with zero attached hydrogens (tertiary/aromatic N) is 2. The van der Waals surface area contributed by atoms with Gasteiger partial charge in [0, 0.05) is 12.6 Å². The number of aromatic nitrogens is 1. The highest BCUT2D eigenvalue weighted by Crippen LogP contribution is 2.18. The van der Waals surface area contributed by atoms with Crippen molar-refractivity contribution in [2.45, 2.75) is 33.9 Å². The van der Waals surface area contributed by atoms with E-state index in [4.69, 9.17) is 10.3 Å². The third-order valence-corrected chi connectivity index (χ3v) is 3.40. The Labute approximate surface area is 114 Å². The summed E-state index contributed by atoms with van der Waals surface area (Å²) in [4.78, 5) is 2.19. The fourth-order valence-corrected chi connectivity index (χ4v) is 2.21. The lowest BCUT2D eigenvalue weighted by Gasteiger charge is -2.17. The molecule has 0 aliphatic rings. The first-order valence-corrected chi connectivity index (χ1v) is 6.42. The molecular formula is C15H21N3O. The molecule has 0 aliphatic carbocycles. The van der Waals surface area contributed by atoms with Gasteiger partial charge in [-0.05, 0) is 50.1 Å². The van der Waals surface area contributed by atoms with Gasteiger partial charge in [0.25, 0.3) is 0 Å². The zero-order valence-corrected chi connectivity index (χ0v) is 12.0. The Hall–Kier alpha value is -1.81. The van der Waals surface area contributed by atoms with Crippen molar-refractivity contribution in [2.75, 3.05) is 12.8 Å². The molecule has 2 rings (SSSR count). The third kappa shape index (κ3) is 3.35. The van der Waals surface area contributed by atoms with Gasteiger partial charge in [0.1, 0.15) is 0 Å². The number of nitrogens with two attached hydrogens (primary N) is 1. The molecule has 2 aromatic rings.